The van der Waals surface area contributed by atoms with E-state index in [1.54, 1.807) is 13.1 Å². The Kier molecular flexibility index (Phi) is 4.07. The predicted octanol–water partition coefficient (Wildman–Crippen LogP) is 1.15. The third kappa shape index (κ3) is 2.88. The number of carboxylic acid groups (broad SMARTS) is 1. The number of likely N-dealkylation sites (N-methyl/N-ethyl adjacent to an activating group) is 1. The minimum atomic E-state index is -0.876. The van der Waals surface area contributed by atoms with Crippen molar-refractivity contribution in [1.82, 2.24) is 5.32 Å². The second-order valence-corrected chi connectivity index (χ2v) is 4.93. The van der Waals surface area contributed by atoms with Crippen molar-refractivity contribution in [2.45, 2.75) is 37.5 Å². The van der Waals surface area contributed by atoms with Gasteiger partial charge < -0.3 is 20.3 Å². The Morgan fingerprint density at radius 3 is 2.95 bits per heavy atom. The standard InChI is InChI=1S/C14H19NO4/c1-15-14(13(17)18)6-5-12(8-14)19-11-4-2-3-10(7-11)9-16/h2-4,7,12,15-16H,5-6,8-9H2,1H3,(H,17,18). The largest absolute Gasteiger partial charge is 0.490 e. The molecule has 0 radical (unpaired) electrons. The lowest BCUT2D eigenvalue weighted by atomic mass is 9.98. The van der Waals surface area contributed by atoms with Crippen LogP contribution in [-0.2, 0) is 11.4 Å². The number of carboxylic acids is 1. The molecule has 2 unspecified atom stereocenters. The molecule has 1 aromatic carbocycles. The number of ether oxygens (including phenoxy) is 1. The molecule has 1 saturated carbocycles. The van der Waals surface area contributed by atoms with Crippen LogP contribution in [0.4, 0.5) is 0 Å². The molecule has 1 fully saturated rings. The van der Waals surface area contributed by atoms with Gasteiger partial charge in [-0.15, -0.1) is 0 Å². The first-order valence-corrected chi connectivity index (χ1v) is 6.38. The lowest BCUT2D eigenvalue weighted by Gasteiger charge is -2.23. The maximum atomic E-state index is 11.3. The van der Waals surface area contributed by atoms with E-state index in [9.17, 15) is 9.90 Å². The highest BCUT2D eigenvalue weighted by molar-refractivity contribution is 5.79. The number of aliphatic hydroxyl groups is 1. The first-order chi connectivity index (χ1) is 9.09. The molecule has 1 aliphatic carbocycles. The normalized spacial score (nSPS) is 26.3. The lowest BCUT2D eigenvalue weighted by Crippen LogP contribution is -2.48. The fourth-order valence-corrected chi connectivity index (χ4v) is 2.54. The van der Waals surface area contributed by atoms with Crippen LogP contribution in [0.5, 0.6) is 5.75 Å². The quantitative estimate of drug-likeness (QED) is 0.744. The third-order valence-electron chi connectivity index (χ3n) is 3.74. The molecule has 2 rings (SSSR count). The monoisotopic (exact) mass is 265 g/mol. The van der Waals surface area contributed by atoms with Crippen LogP contribution in [0, 0.1) is 0 Å². The average Bonchev–Trinajstić information content (AvgIpc) is 2.83. The van der Waals surface area contributed by atoms with Crippen LogP contribution in [0.1, 0.15) is 24.8 Å². The Hall–Kier alpha value is -1.59. The van der Waals surface area contributed by atoms with Crippen molar-refractivity contribution in [2.75, 3.05) is 7.05 Å². The topological polar surface area (TPSA) is 78.8 Å². The van der Waals surface area contributed by atoms with Crippen molar-refractivity contribution in [3.8, 4) is 5.75 Å². The highest BCUT2D eigenvalue weighted by Gasteiger charge is 2.45. The number of benzene rings is 1. The van der Waals surface area contributed by atoms with E-state index in [0.717, 1.165) is 5.56 Å². The second kappa shape index (κ2) is 5.59. The Morgan fingerprint density at radius 2 is 2.37 bits per heavy atom. The van der Waals surface area contributed by atoms with Crippen molar-refractivity contribution in [1.29, 1.82) is 0 Å². The molecule has 0 saturated heterocycles. The van der Waals surface area contributed by atoms with Gasteiger partial charge in [-0.2, -0.15) is 0 Å². The van der Waals surface area contributed by atoms with Gasteiger partial charge in [0.05, 0.1) is 6.61 Å². The molecule has 5 nitrogen and oxygen atoms in total. The molecule has 0 aliphatic heterocycles. The number of nitrogens with one attached hydrogen (secondary N) is 1. The van der Waals surface area contributed by atoms with E-state index in [1.807, 2.05) is 18.2 Å². The number of aliphatic carboxylic acids is 1. The van der Waals surface area contributed by atoms with E-state index in [2.05, 4.69) is 5.32 Å². The van der Waals surface area contributed by atoms with E-state index >= 15 is 0 Å². The number of hydrogen-bond donors (Lipinski definition) is 3. The number of carbonyl (C=O) groups is 1. The van der Waals surface area contributed by atoms with Crippen LogP contribution in [0.2, 0.25) is 0 Å². The van der Waals surface area contributed by atoms with Gasteiger partial charge >= 0.3 is 5.97 Å². The zero-order valence-corrected chi connectivity index (χ0v) is 10.9. The summed E-state index contributed by atoms with van der Waals surface area (Å²) in [5, 5.41) is 21.2. The van der Waals surface area contributed by atoms with Gasteiger partial charge in [-0.25, -0.2) is 0 Å². The van der Waals surface area contributed by atoms with E-state index in [4.69, 9.17) is 9.84 Å². The maximum Gasteiger partial charge on any atom is 0.324 e. The zero-order chi connectivity index (χ0) is 13.9. The second-order valence-electron chi connectivity index (χ2n) is 4.93. The zero-order valence-electron chi connectivity index (χ0n) is 10.9. The van der Waals surface area contributed by atoms with Crippen LogP contribution in [-0.4, -0.2) is 34.9 Å². The van der Waals surface area contributed by atoms with E-state index in [0.29, 0.717) is 25.0 Å². The van der Waals surface area contributed by atoms with Gasteiger partial charge in [0.25, 0.3) is 0 Å². The van der Waals surface area contributed by atoms with Gasteiger partial charge in [0.2, 0.25) is 0 Å². The Morgan fingerprint density at radius 1 is 1.58 bits per heavy atom. The summed E-state index contributed by atoms with van der Waals surface area (Å²) in [6.45, 7) is -0.0303. The molecule has 19 heavy (non-hydrogen) atoms. The first-order valence-electron chi connectivity index (χ1n) is 6.38. The molecule has 0 aromatic heterocycles. The Bertz CT molecular complexity index is 463. The van der Waals surface area contributed by atoms with Gasteiger partial charge in [-0.1, -0.05) is 12.1 Å². The van der Waals surface area contributed by atoms with Crippen LogP contribution in [0.25, 0.3) is 0 Å². The van der Waals surface area contributed by atoms with Crippen molar-refractivity contribution in [3.05, 3.63) is 29.8 Å². The van der Waals surface area contributed by atoms with Crippen molar-refractivity contribution < 1.29 is 19.7 Å². The SMILES string of the molecule is CNC1(C(=O)O)CCC(Oc2cccc(CO)c2)C1. The number of rotatable bonds is 5. The van der Waals surface area contributed by atoms with Gasteiger partial charge in [-0.3, -0.25) is 4.79 Å². The van der Waals surface area contributed by atoms with Gasteiger partial charge in [0, 0.05) is 6.42 Å². The summed E-state index contributed by atoms with van der Waals surface area (Å²) in [5.41, 5.74) is -0.0900. The minimum Gasteiger partial charge on any atom is -0.490 e. The molecule has 0 bridgehead atoms. The van der Waals surface area contributed by atoms with Gasteiger partial charge in [0.1, 0.15) is 17.4 Å². The minimum absolute atomic E-state index is 0.0303. The summed E-state index contributed by atoms with van der Waals surface area (Å²) >= 11 is 0. The summed E-state index contributed by atoms with van der Waals surface area (Å²) in [7, 11) is 1.67. The smallest absolute Gasteiger partial charge is 0.324 e. The molecular weight excluding hydrogens is 246 g/mol. The summed E-state index contributed by atoms with van der Waals surface area (Å²) in [4.78, 5) is 11.3. The van der Waals surface area contributed by atoms with Crippen molar-refractivity contribution >= 4 is 5.97 Å². The highest BCUT2D eigenvalue weighted by Crippen LogP contribution is 2.33. The fraction of sp³-hybridized carbons (Fsp3) is 0.500. The summed E-state index contributed by atoms with van der Waals surface area (Å²) < 4.78 is 5.81. The van der Waals surface area contributed by atoms with Crippen molar-refractivity contribution in [3.63, 3.8) is 0 Å². The maximum absolute atomic E-state index is 11.3. The van der Waals surface area contributed by atoms with Crippen LogP contribution in [0.3, 0.4) is 0 Å². The number of aliphatic hydroxyl groups excluding tert-OH is 1. The lowest BCUT2D eigenvalue weighted by molar-refractivity contribution is -0.144. The summed E-state index contributed by atoms with van der Waals surface area (Å²) in [5.74, 6) is -0.154. The predicted molar refractivity (Wildman–Crippen MR) is 70.1 cm³/mol. The summed E-state index contributed by atoms with van der Waals surface area (Å²) in [6, 6.07) is 7.23. The van der Waals surface area contributed by atoms with Crippen LogP contribution >= 0.6 is 0 Å². The Balaban J connectivity index is 2.03. The molecule has 2 atom stereocenters. The third-order valence-corrected chi connectivity index (χ3v) is 3.74. The molecule has 0 heterocycles. The molecule has 3 N–H and O–H groups in total. The molecule has 104 valence electrons. The van der Waals surface area contributed by atoms with Crippen LogP contribution < -0.4 is 10.1 Å². The van der Waals surface area contributed by atoms with E-state index in [1.165, 1.54) is 0 Å². The van der Waals surface area contributed by atoms with Crippen LogP contribution in [0.15, 0.2) is 24.3 Å². The summed E-state index contributed by atoms with van der Waals surface area (Å²) in [6.07, 6.45) is 1.60. The molecule has 1 aliphatic rings. The molecule has 0 spiro atoms. The Labute approximate surface area is 112 Å². The van der Waals surface area contributed by atoms with Gasteiger partial charge in [0.15, 0.2) is 0 Å². The van der Waals surface area contributed by atoms with Gasteiger partial charge in [-0.05, 0) is 37.6 Å². The van der Waals surface area contributed by atoms with E-state index < -0.39 is 11.5 Å². The van der Waals surface area contributed by atoms with Crippen molar-refractivity contribution in [2.24, 2.45) is 0 Å². The molecule has 1 aromatic rings. The first kappa shape index (κ1) is 13.8. The average molecular weight is 265 g/mol. The van der Waals surface area contributed by atoms with E-state index in [-0.39, 0.29) is 12.7 Å². The molecule has 0 amide bonds. The fourth-order valence-electron chi connectivity index (χ4n) is 2.54. The molecular formula is C14H19NO4. The number of hydrogen-bond acceptors (Lipinski definition) is 4. The molecule has 5 heteroatoms. The highest BCUT2D eigenvalue weighted by atomic mass is 16.5.